The molecule has 0 bridgehead atoms. The Morgan fingerprint density at radius 2 is 2.04 bits per heavy atom. The summed E-state index contributed by atoms with van der Waals surface area (Å²) in [4.78, 5) is 16.3. The van der Waals surface area contributed by atoms with Gasteiger partial charge in [0, 0.05) is 48.4 Å². The maximum Gasteiger partial charge on any atom is 0.305 e. The quantitative estimate of drug-likeness (QED) is 0.759. The number of nitrogens with zero attached hydrogens (tertiary/aromatic N) is 2. The predicted molar refractivity (Wildman–Crippen MR) is 96.3 cm³/mol. The van der Waals surface area contributed by atoms with Crippen molar-refractivity contribution in [1.29, 1.82) is 0 Å². The van der Waals surface area contributed by atoms with Gasteiger partial charge >= 0.3 is 5.97 Å². The summed E-state index contributed by atoms with van der Waals surface area (Å²) in [5, 5.41) is 3.54. The van der Waals surface area contributed by atoms with Gasteiger partial charge in [0.15, 0.2) is 0 Å². The largest absolute Gasteiger partial charge is 0.466 e. The number of fused-ring (bicyclic) bond motifs is 1. The van der Waals surface area contributed by atoms with Crippen LogP contribution in [0.4, 0.5) is 5.69 Å². The van der Waals surface area contributed by atoms with Crippen LogP contribution in [0.5, 0.6) is 0 Å². The molecule has 0 amide bonds. The van der Waals surface area contributed by atoms with Crippen molar-refractivity contribution in [2.75, 3.05) is 44.2 Å². The fraction of sp³-hybridized carbons (Fsp3) is 0.500. The summed E-state index contributed by atoms with van der Waals surface area (Å²) in [6.07, 6.45) is 1.42. The van der Waals surface area contributed by atoms with E-state index in [0.717, 1.165) is 39.1 Å². The van der Waals surface area contributed by atoms with Crippen LogP contribution in [0.25, 0.3) is 10.1 Å². The van der Waals surface area contributed by atoms with Crippen LogP contribution < -0.4 is 4.90 Å². The molecule has 1 aliphatic rings. The number of ether oxygens (including phenoxy) is 1. The first-order valence-corrected chi connectivity index (χ1v) is 9.25. The van der Waals surface area contributed by atoms with Gasteiger partial charge in [-0.2, -0.15) is 0 Å². The summed E-state index contributed by atoms with van der Waals surface area (Å²) in [6, 6.07) is 8.79. The number of rotatable bonds is 6. The third kappa shape index (κ3) is 4.03. The van der Waals surface area contributed by atoms with Crippen LogP contribution in [-0.2, 0) is 9.53 Å². The fourth-order valence-corrected chi connectivity index (χ4v) is 3.95. The Morgan fingerprint density at radius 3 is 2.83 bits per heavy atom. The summed E-state index contributed by atoms with van der Waals surface area (Å²) in [7, 11) is 0. The Hall–Kier alpha value is -1.59. The normalized spacial score (nSPS) is 16.0. The van der Waals surface area contributed by atoms with E-state index in [1.54, 1.807) is 11.3 Å². The van der Waals surface area contributed by atoms with E-state index in [1.807, 2.05) is 6.92 Å². The molecule has 4 nitrogen and oxygen atoms in total. The lowest BCUT2D eigenvalue weighted by Crippen LogP contribution is -2.46. The van der Waals surface area contributed by atoms with Crippen LogP contribution in [-0.4, -0.2) is 50.2 Å². The van der Waals surface area contributed by atoms with Crippen LogP contribution in [0, 0.1) is 0 Å². The minimum Gasteiger partial charge on any atom is -0.466 e. The number of piperazine rings is 1. The zero-order chi connectivity index (χ0) is 16.1. The van der Waals surface area contributed by atoms with Crippen molar-refractivity contribution >= 4 is 33.1 Å². The van der Waals surface area contributed by atoms with Crippen LogP contribution in [0.3, 0.4) is 0 Å². The van der Waals surface area contributed by atoms with Crippen LogP contribution in [0.1, 0.15) is 19.8 Å². The van der Waals surface area contributed by atoms with Crippen molar-refractivity contribution in [1.82, 2.24) is 4.90 Å². The molecule has 3 rings (SSSR count). The second-order valence-electron chi connectivity index (χ2n) is 5.85. The highest BCUT2D eigenvalue weighted by Crippen LogP contribution is 2.31. The highest BCUT2D eigenvalue weighted by Gasteiger charge is 2.18. The van der Waals surface area contributed by atoms with Gasteiger partial charge in [-0.3, -0.25) is 9.69 Å². The fourth-order valence-electron chi connectivity index (χ4n) is 3.15. The highest BCUT2D eigenvalue weighted by molar-refractivity contribution is 7.17. The SMILES string of the molecule is CCOC(=O)CCCN1CCN(c2cccc3sccc23)CC1. The van der Waals surface area contributed by atoms with Crippen molar-refractivity contribution in [2.45, 2.75) is 19.8 Å². The number of thiophene rings is 1. The number of carbonyl (C=O) groups is 1. The molecule has 0 radical (unpaired) electrons. The molecule has 5 heteroatoms. The summed E-state index contributed by atoms with van der Waals surface area (Å²) in [5.41, 5.74) is 1.36. The van der Waals surface area contributed by atoms with Gasteiger partial charge in [0.2, 0.25) is 0 Å². The van der Waals surface area contributed by atoms with Crippen LogP contribution >= 0.6 is 11.3 Å². The number of esters is 1. The number of anilines is 1. The standard InChI is InChI=1S/C18H24N2O2S/c1-2-22-18(21)7-4-9-19-10-12-20(13-11-19)16-5-3-6-17-15(16)8-14-23-17/h3,5-6,8,14H,2,4,7,9-13H2,1H3. The van der Waals surface area contributed by atoms with Gasteiger partial charge in [0.1, 0.15) is 0 Å². The van der Waals surface area contributed by atoms with E-state index in [9.17, 15) is 4.79 Å². The molecular weight excluding hydrogens is 308 g/mol. The van der Waals surface area contributed by atoms with Crippen LogP contribution in [0.15, 0.2) is 29.6 Å². The van der Waals surface area contributed by atoms with E-state index in [2.05, 4.69) is 39.4 Å². The Morgan fingerprint density at radius 1 is 1.22 bits per heavy atom. The number of hydrogen-bond acceptors (Lipinski definition) is 5. The summed E-state index contributed by atoms with van der Waals surface area (Å²) < 4.78 is 6.34. The van der Waals surface area contributed by atoms with E-state index in [0.29, 0.717) is 13.0 Å². The van der Waals surface area contributed by atoms with Gasteiger partial charge in [-0.1, -0.05) is 6.07 Å². The number of hydrogen-bond donors (Lipinski definition) is 0. The molecule has 0 atom stereocenters. The van der Waals surface area contributed by atoms with E-state index in [1.165, 1.54) is 15.8 Å². The van der Waals surface area contributed by atoms with E-state index in [4.69, 9.17) is 4.74 Å². The van der Waals surface area contributed by atoms with Crippen molar-refractivity contribution in [2.24, 2.45) is 0 Å². The minimum atomic E-state index is -0.0738. The average Bonchev–Trinajstić information content (AvgIpc) is 3.04. The van der Waals surface area contributed by atoms with Crippen LogP contribution in [0.2, 0.25) is 0 Å². The molecule has 1 aromatic carbocycles. The van der Waals surface area contributed by atoms with Gasteiger partial charge in [0.05, 0.1) is 6.61 Å². The first-order chi connectivity index (χ1) is 11.3. The van der Waals surface area contributed by atoms with Gasteiger partial charge in [0.25, 0.3) is 0 Å². The van der Waals surface area contributed by atoms with E-state index < -0.39 is 0 Å². The second kappa shape index (κ2) is 7.79. The molecule has 0 spiro atoms. The lowest BCUT2D eigenvalue weighted by molar-refractivity contribution is -0.143. The molecule has 0 unspecified atom stereocenters. The molecule has 1 fully saturated rings. The minimum absolute atomic E-state index is 0.0738. The molecule has 124 valence electrons. The number of benzene rings is 1. The van der Waals surface area contributed by atoms with Gasteiger partial charge in [-0.25, -0.2) is 0 Å². The van der Waals surface area contributed by atoms with Gasteiger partial charge in [-0.15, -0.1) is 11.3 Å². The van der Waals surface area contributed by atoms with E-state index >= 15 is 0 Å². The van der Waals surface area contributed by atoms with Crippen molar-refractivity contribution < 1.29 is 9.53 Å². The smallest absolute Gasteiger partial charge is 0.305 e. The average molecular weight is 332 g/mol. The molecule has 23 heavy (non-hydrogen) atoms. The first-order valence-electron chi connectivity index (χ1n) is 8.37. The number of carbonyl (C=O) groups excluding carboxylic acids is 1. The molecule has 2 aromatic rings. The first kappa shape index (κ1) is 16.3. The summed E-state index contributed by atoms with van der Waals surface area (Å²) >= 11 is 1.80. The maximum atomic E-state index is 11.4. The monoisotopic (exact) mass is 332 g/mol. The Kier molecular flexibility index (Phi) is 5.51. The Balaban J connectivity index is 1.49. The lowest BCUT2D eigenvalue weighted by Gasteiger charge is -2.36. The lowest BCUT2D eigenvalue weighted by atomic mass is 10.2. The Bertz CT molecular complexity index is 647. The van der Waals surface area contributed by atoms with Gasteiger partial charge in [-0.05, 0) is 43.5 Å². The second-order valence-corrected chi connectivity index (χ2v) is 6.79. The van der Waals surface area contributed by atoms with Crippen molar-refractivity contribution in [3.8, 4) is 0 Å². The third-order valence-electron chi connectivity index (χ3n) is 4.35. The molecule has 1 aromatic heterocycles. The third-order valence-corrected chi connectivity index (χ3v) is 5.23. The molecular formula is C18H24N2O2S. The molecule has 0 N–H and O–H groups in total. The topological polar surface area (TPSA) is 32.8 Å². The zero-order valence-electron chi connectivity index (χ0n) is 13.7. The molecule has 1 saturated heterocycles. The van der Waals surface area contributed by atoms with Crippen molar-refractivity contribution in [3.05, 3.63) is 29.6 Å². The summed E-state index contributed by atoms with van der Waals surface area (Å²) in [5.74, 6) is -0.0738. The van der Waals surface area contributed by atoms with Crippen molar-refractivity contribution in [3.63, 3.8) is 0 Å². The predicted octanol–water partition coefficient (Wildman–Crippen LogP) is 3.37. The van der Waals surface area contributed by atoms with Gasteiger partial charge < -0.3 is 9.64 Å². The molecule has 0 aliphatic carbocycles. The zero-order valence-corrected chi connectivity index (χ0v) is 14.5. The molecule has 0 saturated carbocycles. The Labute approximate surface area is 141 Å². The molecule has 2 heterocycles. The maximum absolute atomic E-state index is 11.4. The van der Waals surface area contributed by atoms with E-state index in [-0.39, 0.29) is 5.97 Å². The summed E-state index contributed by atoms with van der Waals surface area (Å²) in [6.45, 7) is 7.53. The molecule has 1 aliphatic heterocycles. The highest BCUT2D eigenvalue weighted by atomic mass is 32.1.